The Morgan fingerprint density at radius 1 is 0.583 bits per heavy atom. The van der Waals surface area contributed by atoms with E-state index in [1.165, 1.54) is 0 Å². The Balaban J connectivity index is 1.09. The van der Waals surface area contributed by atoms with Gasteiger partial charge in [0, 0.05) is 38.0 Å². The molecule has 0 radical (unpaired) electrons. The summed E-state index contributed by atoms with van der Waals surface area (Å²) in [5.41, 5.74) is 8.42. The van der Waals surface area contributed by atoms with E-state index in [0.29, 0.717) is 0 Å². The number of nitrogens with zero attached hydrogens (tertiary/aromatic N) is 6. The van der Waals surface area contributed by atoms with Gasteiger partial charge in [-0.05, 0) is 47.5 Å². The van der Waals surface area contributed by atoms with Crippen molar-refractivity contribution in [2.75, 3.05) is 0 Å². The molecule has 36 heavy (non-hydrogen) atoms. The fourth-order valence-corrected chi connectivity index (χ4v) is 5.97. The van der Waals surface area contributed by atoms with Crippen molar-refractivity contribution in [1.82, 2.24) is 29.1 Å². The van der Waals surface area contributed by atoms with Crippen LogP contribution in [-0.4, -0.2) is 29.1 Å². The third kappa shape index (κ3) is 4.50. The average molecular weight is 509 g/mol. The van der Waals surface area contributed by atoms with Gasteiger partial charge in [0.1, 0.15) is 0 Å². The van der Waals surface area contributed by atoms with Gasteiger partial charge in [-0.1, -0.05) is 59.9 Å². The summed E-state index contributed by atoms with van der Waals surface area (Å²) in [6.07, 6.45) is 3.87. The summed E-state index contributed by atoms with van der Waals surface area (Å²) in [4.78, 5) is 18.8. The van der Waals surface area contributed by atoms with Crippen molar-refractivity contribution in [3.8, 4) is 11.4 Å². The van der Waals surface area contributed by atoms with Crippen LogP contribution in [0.15, 0.2) is 95.5 Å². The van der Waals surface area contributed by atoms with Gasteiger partial charge in [-0.3, -0.25) is 9.97 Å². The van der Waals surface area contributed by atoms with E-state index in [0.717, 1.165) is 66.4 Å². The number of thioether (sulfide) groups is 2. The average Bonchev–Trinajstić information content (AvgIpc) is 3.43. The van der Waals surface area contributed by atoms with E-state index in [1.807, 2.05) is 60.9 Å². The SMILES string of the molecule is Cn1c(SCc2ccc(-c3ccc(CSc4nc5ccccc5n4C)cn3)nc2)nc2ccccc21. The quantitative estimate of drug-likeness (QED) is 0.229. The smallest absolute Gasteiger partial charge is 0.169 e. The largest absolute Gasteiger partial charge is 0.322 e. The fraction of sp³-hybridized carbons (Fsp3) is 0.143. The molecule has 2 aromatic carbocycles. The van der Waals surface area contributed by atoms with E-state index < -0.39 is 0 Å². The third-order valence-corrected chi connectivity index (χ3v) is 8.34. The first kappa shape index (κ1) is 22.8. The lowest BCUT2D eigenvalue weighted by atomic mass is 10.2. The van der Waals surface area contributed by atoms with Crippen LogP contribution in [-0.2, 0) is 25.6 Å². The summed E-state index contributed by atoms with van der Waals surface area (Å²) in [6, 6.07) is 24.8. The number of para-hydroxylation sites is 4. The van der Waals surface area contributed by atoms with Crippen LogP contribution in [0.2, 0.25) is 0 Å². The summed E-state index contributed by atoms with van der Waals surface area (Å²) in [5.74, 6) is 1.63. The number of imidazole rings is 2. The molecule has 0 amide bonds. The second-order valence-corrected chi connectivity index (χ2v) is 10.4. The molecule has 0 N–H and O–H groups in total. The zero-order chi connectivity index (χ0) is 24.5. The molecule has 0 saturated carbocycles. The highest BCUT2D eigenvalue weighted by atomic mass is 32.2. The van der Waals surface area contributed by atoms with Crippen LogP contribution in [0.25, 0.3) is 33.5 Å². The first-order valence-corrected chi connectivity index (χ1v) is 13.6. The maximum absolute atomic E-state index is 4.74. The van der Waals surface area contributed by atoms with Crippen LogP contribution in [0, 0.1) is 0 Å². The molecule has 6 rings (SSSR count). The fourth-order valence-electron chi connectivity index (χ4n) is 4.12. The standard InChI is InChI=1S/C28H24N6S2/c1-33-25-9-5-3-7-23(25)31-27(33)35-17-19-11-13-21(29-15-19)22-14-12-20(16-30-22)18-36-28-32-24-8-4-6-10-26(24)34(28)2/h3-16H,17-18H2,1-2H3. The molecule has 0 saturated heterocycles. The number of aryl methyl sites for hydroxylation is 2. The minimum Gasteiger partial charge on any atom is -0.322 e. The highest BCUT2D eigenvalue weighted by Crippen LogP contribution is 2.28. The van der Waals surface area contributed by atoms with Gasteiger partial charge in [-0.2, -0.15) is 0 Å². The minimum atomic E-state index is 0.816. The maximum atomic E-state index is 4.74. The van der Waals surface area contributed by atoms with Crippen LogP contribution in [0.1, 0.15) is 11.1 Å². The molecule has 0 aliphatic heterocycles. The molecule has 0 bridgehead atoms. The van der Waals surface area contributed by atoms with Gasteiger partial charge >= 0.3 is 0 Å². The Bertz CT molecular complexity index is 1530. The zero-order valence-electron chi connectivity index (χ0n) is 20.0. The molecule has 8 heteroatoms. The Morgan fingerprint density at radius 3 is 1.42 bits per heavy atom. The first-order chi connectivity index (χ1) is 17.7. The molecular weight excluding hydrogens is 484 g/mol. The van der Waals surface area contributed by atoms with Crippen LogP contribution in [0.4, 0.5) is 0 Å². The van der Waals surface area contributed by atoms with Gasteiger partial charge in [-0.25, -0.2) is 9.97 Å². The third-order valence-electron chi connectivity index (χ3n) is 6.14. The van der Waals surface area contributed by atoms with Gasteiger partial charge in [0.15, 0.2) is 10.3 Å². The molecule has 0 aliphatic rings. The van der Waals surface area contributed by atoms with Crippen molar-refractivity contribution in [3.63, 3.8) is 0 Å². The van der Waals surface area contributed by atoms with Crippen molar-refractivity contribution < 1.29 is 0 Å². The van der Waals surface area contributed by atoms with E-state index in [9.17, 15) is 0 Å². The molecule has 0 fully saturated rings. The molecule has 0 atom stereocenters. The van der Waals surface area contributed by atoms with Crippen molar-refractivity contribution in [2.24, 2.45) is 14.1 Å². The van der Waals surface area contributed by atoms with Gasteiger partial charge < -0.3 is 9.13 Å². The summed E-state index contributed by atoms with van der Waals surface area (Å²) in [5, 5.41) is 2.02. The molecule has 0 aliphatic carbocycles. The Kier molecular flexibility index (Phi) is 6.21. The molecule has 4 aromatic heterocycles. The van der Waals surface area contributed by atoms with E-state index in [2.05, 4.69) is 57.5 Å². The number of hydrogen-bond donors (Lipinski definition) is 0. The van der Waals surface area contributed by atoms with Crippen LogP contribution in [0.5, 0.6) is 0 Å². The van der Waals surface area contributed by atoms with Crippen molar-refractivity contribution in [3.05, 3.63) is 96.3 Å². The molecule has 178 valence electrons. The molecule has 6 aromatic rings. The van der Waals surface area contributed by atoms with Gasteiger partial charge in [0.05, 0.1) is 33.5 Å². The second kappa shape index (κ2) is 9.79. The predicted octanol–water partition coefficient (Wildman–Crippen LogP) is 6.50. The number of rotatable bonds is 7. The van der Waals surface area contributed by atoms with Crippen LogP contribution >= 0.6 is 23.5 Å². The van der Waals surface area contributed by atoms with Crippen molar-refractivity contribution in [2.45, 2.75) is 21.8 Å². The van der Waals surface area contributed by atoms with Crippen molar-refractivity contribution in [1.29, 1.82) is 0 Å². The van der Waals surface area contributed by atoms with E-state index in [4.69, 9.17) is 9.97 Å². The first-order valence-electron chi connectivity index (χ1n) is 11.6. The molecule has 4 heterocycles. The molecule has 6 nitrogen and oxygen atoms in total. The number of hydrogen-bond acceptors (Lipinski definition) is 6. The highest BCUT2D eigenvalue weighted by molar-refractivity contribution is 7.98. The lowest BCUT2D eigenvalue weighted by molar-refractivity contribution is 0.815. The number of benzene rings is 2. The summed E-state index contributed by atoms with van der Waals surface area (Å²) < 4.78 is 4.28. The Morgan fingerprint density at radius 2 is 1.03 bits per heavy atom. The highest BCUT2D eigenvalue weighted by Gasteiger charge is 2.10. The predicted molar refractivity (Wildman–Crippen MR) is 148 cm³/mol. The number of fused-ring (bicyclic) bond motifs is 2. The molecule has 0 unspecified atom stereocenters. The monoisotopic (exact) mass is 508 g/mol. The summed E-state index contributed by atoms with van der Waals surface area (Å²) in [6.45, 7) is 0. The lowest BCUT2D eigenvalue weighted by Gasteiger charge is -2.06. The van der Waals surface area contributed by atoms with E-state index >= 15 is 0 Å². The van der Waals surface area contributed by atoms with Gasteiger partial charge in [0.2, 0.25) is 0 Å². The minimum absolute atomic E-state index is 0.816. The van der Waals surface area contributed by atoms with E-state index in [-0.39, 0.29) is 0 Å². The van der Waals surface area contributed by atoms with Crippen molar-refractivity contribution >= 4 is 45.6 Å². The van der Waals surface area contributed by atoms with Crippen LogP contribution in [0.3, 0.4) is 0 Å². The molecule has 0 spiro atoms. The van der Waals surface area contributed by atoms with Crippen LogP contribution < -0.4 is 0 Å². The molecular formula is C28H24N6S2. The zero-order valence-corrected chi connectivity index (χ0v) is 21.6. The number of pyridine rings is 2. The second-order valence-electron chi connectivity index (χ2n) is 8.56. The lowest BCUT2D eigenvalue weighted by Crippen LogP contribution is -1.94. The Hall–Kier alpha value is -3.62. The normalized spacial score (nSPS) is 11.5. The van der Waals surface area contributed by atoms with E-state index in [1.54, 1.807) is 23.5 Å². The summed E-state index contributed by atoms with van der Waals surface area (Å²) >= 11 is 3.44. The Labute approximate surface area is 217 Å². The van der Waals surface area contributed by atoms with Gasteiger partial charge in [-0.15, -0.1) is 0 Å². The van der Waals surface area contributed by atoms with Gasteiger partial charge in [0.25, 0.3) is 0 Å². The maximum Gasteiger partial charge on any atom is 0.169 e. The number of aromatic nitrogens is 6. The summed E-state index contributed by atoms with van der Waals surface area (Å²) in [7, 11) is 4.12. The topological polar surface area (TPSA) is 61.4 Å².